The number of halogens is 1. The summed E-state index contributed by atoms with van der Waals surface area (Å²) in [6.45, 7) is 2.27. The number of hydrogen-bond donors (Lipinski definition) is 1. The fraction of sp³-hybridized carbons (Fsp3) is 0.538. The lowest BCUT2D eigenvalue weighted by Crippen LogP contribution is -2.30. The number of ether oxygens (including phenoxy) is 1. The predicted molar refractivity (Wildman–Crippen MR) is 66.7 cm³/mol. The van der Waals surface area contributed by atoms with Crippen molar-refractivity contribution in [2.75, 3.05) is 13.2 Å². The minimum Gasteiger partial charge on any atom is -0.379 e. The monoisotopic (exact) mass is 253 g/mol. The van der Waals surface area contributed by atoms with Gasteiger partial charge < -0.3 is 10.1 Å². The summed E-state index contributed by atoms with van der Waals surface area (Å²) in [6.07, 6.45) is 2.52. The van der Waals surface area contributed by atoms with Gasteiger partial charge in [-0.3, -0.25) is 0 Å². The van der Waals surface area contributed by atoms with E-state index in [1.165, 1.54) is 12.8 Å². The van der Waals surface area contributed by atoms with E-state index < -0.39 is 0 Å². The van der Waals surface area contributed by atoms with Crippen LogP contribution in [0.2, 0.25) is 0 Å². The smallest absolute Gasteiger partial charge is 0.137 e. The van der Waals surface area contributed by atoms with Gasteiger partial charge in [-0.1, -0.05) is 6.07 Å². The molecule has 1 aromatic rings. The molecule has 0 spiro atoms. The molecule has 1 aromatic carbocycles. The van der Waals surface area contributed by atoms with Crippen molar-refractivity contribution in [1.82, 2.24) is 5.32 Å². The molecule has 1 aliphatic carbocycles. The minimum atomic E-state index is -0.100. The molecule has 1 N–H and O–H groups in total. The molecule has 0 amide bonds. The van der Waals surface area contributed by atoms with Gasteiger partial charge >= 0.3 is 0 Å². The Bertz CT molecular complexity index is 404. The first-order valence-electron chi connectivity index (χ1n) is 6.07. The van der Waals surface area contributed by atoms with E-state index in [2.05, 4.69) is 5.32 Å². The third-order valence-electron chi connectivity index (χ3n) is 3.07. The Hall–Kier alpha value is -0.580. The molecule has 1 heterocycles. The van der Waals surface area contributed by atoms with Gasteiger partial charge in [0.1, 0.15) is 5.82 Å². The van der Waals surface area contributed by atoms with Gasteiger partial charge in [-0.05, 0) is 30.5 Å². The molecule has 0 bridgehead atoms. The number of benzene rings is 1. The summed E-state index contributed by atoms with van der Waals surface area (Å²) >= 11 is 1.58. The van der Waals surface area contributed by atoms with Crippen LogP contribution in [0.3, 0.4) is 0 Å². The second-order valence-electron chi connectivity index (χ2n) is 4.70. The third kappa shape index (κ3) is 3.00. The van der Waals surface area contributed by atoms with E-state index in [1.807, 2.05) is 12.1 Å². The summed E-state index contributed by atoms with van der Waals surface area (Å²) in [6, 6.07) is 6.22. The van der Waals surface area contributed by atoms with Gasteiger partial charge in [0.25, 0.3) is 0 Å². The molecule has 0 aromatic heterocycles. The Morgan fingerprint density at radius 2 is 2.18 bits per heavy atom. The second-order valence-corrected chi connectivity index (χ2v) is 6.04. The molecule has 2 fully saturated rings. The molecule has 1 saturated heterocycles. The van der Waals surface area contributed by atoms with Crippen LogP contribution in [-0.2, 0) is 11.3 Å². The normalized spacial score (nSPS) is 20.3. The van der Waals surface area contributed by atoms with Crippen LogP contribution in [0.15, 0.2) is 23.1 Å². The fourth-order valence-corrected chi connectivity index (χ4v) is 2.77. The number of thioether (sulfide) groups is 1. The van der Waals surface area contributed by atoms with Crippen molar-refractivity contribution < 1.29 is 9.13 Å². The Balaban J connectivity index is 1.60. The van der Waals surface area contributed by atoms with Gasteiger partial charge in [0.15, 0.2) is 0 Å². The first-order chi connectivity index (χ1) is 8.31. The van der Waals surface area contributed by atoms with Crippen LogP contribution < -0.4 is 5.32 Å². The summed E-state index contributed by atoms with van der Waals surface area (Å²) in [7, 11) is 0. The lowest BCUT2D eigenvalue weighted by Gasteiger charge is -2.25. The highest BCUT2D eigenvalue weighted by Gasteiger charge is 2.22. The first-order valence-corrected chi connectivity index (χ1v) is 6.95. The SMILES string of the molecule is Fc1cc(CNC2CC2)ccc1SC1COC1. The van der Waals surface area contributed by atoms with Crippen LogP contribution in [0.4, 0.5) is 4.39 Å². The summed E-state index contributed by atoms with van der Waals surface area (Å²) < 4.78 is 18.9. The van der Waals surface area contributed by atoms with Crippen molar-refractivity contribution in [3.63, 3.8) is 0 Å². The Labute approximate surface area is 105 Å². The highest BCUT2D eigenvalue weighted by molar-refractivity contribution is 8.00. The molecule has 92 valence electrons. The lowest BCUT2D eigenvalue weighted by atomic mass is 10.2. The van der Waals surface area contributed by atoms with Crippen LogP contribution in [0.25, 0.3) is 0 Å². The summed E-state index contributed by atoms with van der Waals surface area (Å²) in [5.74, 6) is -0.100. The number of nitrogens with one attached hydrogen (secondary N) is 1. The van der Waals surface area contributed by atoms with E-state index in [9.17, 15) is 4.39 Å². The van der Waals surface area contributed by atoms with Crippen molar-refractivity contribution in [1.29, 1.82) is 0 Å². The highest BCUT2D eigenvalue weighted by atomic mass is 32.2. The third-order valence-corrected chi connectivity index (χ3v) is 4.26. The Morgan fingerprint density at radius 3 is 2.76 bits per heavy atom. The van der Waals surface area contributed by atoms with E-state index in [-0.39, 0.29) is 5.82 Å². The molecule has 0 unspecified atom stereocenters. The summed E-state index contributed by atoms with van der Waals surface area (Å²) in [5, 5.41) is 3.82. The maximum Gasteiger partial charge on any atom is 0.137 e. The largest absolute Gasteiger partial charge is 0.379 e. The zero-order valence-electron chi connectivity index (χ0n) is 9.62. The quantitative estimate of drug-likeness (QED) is 0.871. The molecule has 0 atom stereocenters. The molecule has 1 saturated carbocycles. The molecule has 1 aliphatic heterocycles. The average Bonchev–Trinajstić information content (AvgIpc) is 3.06. The Morgan fingerprint density at radius 1 is 1.35 bits per heavy atom. The molecule has 4 heteroatoms. The van der Waals surface area contributed by atoms with Gasteiger partial charge in [0.2, 0.25) is 0 Å². The topological polar surface area (TPSA) is 21.3 Å². The van der Waals surface area contributed by atoms with Crippen LogP contribution in [-0.4, -0.2) is 24.5 Å². The summed E-state index contributed by atoms with van der Waals surface area (Å²) in [5.41, 5.74) is 1.03. The average molecular weight is 253 g/mol. The van der Waals surface area contributed by atoms with Gasteiger partial charge in [0.05, 0.1) is 18.5 Å². The molecule has 3 rings (SSSR count). The zero-order valence-corrected chi connectivity index (χ0v) is 10.4. The minimum absolute atomic E-state index is 0.100. The predicted octanol–water partition coefficient (Wildman–Crippen LogP) is 2.57. The standard InChI is InChI=1S/C13H16FNOS/c14-12-5-9(6-15-10-2-3-10)1-4-13(12)17-11-7-16-8-11/h1,4-5,10-11,15H,2-3,6-8H2. The molecule has 2 nitrogen and oxygen atoms in total. The van der Waals surface area contributed by atoms with E-state index in [0.29, 0.717) is 11.3 Å². The second kappa shape index (κ2) is 4.96. The van der Waals surface area contributed by atoms with Crippen molar-refractivity contribution in [3.8, 4) is 0 Å². The molecule has 0 radical (unpaired) electrons. The number of rotatable bonds is 5. The van der Waals surface area contributed by atoms with Crippen LogP contribution in [0.1, 0.15) is 18.4 Å². The van der Waals surface area contributed by atoms with Gasteiger partial charge in [0, 0.05) is 17.5 Å². The first kappa shape index (κ1) is 11.5. The van der Waals surface area contributed by atoms with E-state index in [4.69, 9.17) is 4.74 Å². The molecule has 17 heavy (non-hydrogen) atoms. The fourth-order valence-electron chi connectivity index (χ4n) is 1.76. The molecule has 2 aliphatic rings. The van der Waals surface area contributed by atoms with Crippen molar-refractivity contribution in [3.05, 3.63) is 29.6 Å². The highest BCUT2D eigenvalue weighted by Crippen LogP contribution is 2.30. The summed E-state index contributed by atoms with van der Waals surface area (Å²) in [4.78, 5) is 0.744. The maximum absolute atomic E-state index is 13.8. The number of hydrogen-bond acceptors (Lipinski definition) is 3. The van der Waals surface area contributed by atoms with Gasteiger partial charge in [-0.2, -0.15) is 0 Å². The zero-order chi connectivity index (χ0) is 11.7. The van der Waals surface area contributed by atoms with Crippen LogP contribution in [0.5, 0.6) is 0 Å². The van der Waals surface area contributed by atoms with E-state index >= 15 is 0 Å². The Kier molecular flexibility index (Phi) is 3.36. The van der Waals surface area contributed by atoms with E-state index in [1.54, 1.807) is 17.8 Å². The van der Waals surface area contributed by atoms with Crippen LogP contribution in [0, 0.1) is 5.82 Å². The molecular weight excluding hydrogens is 237 g/mol. The van der Waals surface area contributed by atoms with Crippen LogP contribution >= 0.6 is 11.8 Å². The lowest BCUT2D eigenvalue weighted by molar-refractivity contribution is 0.0455. The molecular formula is C13H16FNOS. The van der Waals surface area contributed by atoms with E-state index in [0.717, 1.165) is 30.2 Å². The van der Waals surface area contributed by atoms with Crippen molar-refractivity contribution in [2.45, 2.75) is 35.6 Å². The van der Waals surface area contributed by atoms with Crippen molar-refractivity contribution in [2.24, 2.45) is 0 Å². The van der Waals surface area contributed by atoms with Gasteiger partial charge in [-0.15, -0.1) is 11.8 Å². The van der Waals surface area contributed by atoms with Gasteiger partial charge in [-0.25, -0.2) is 4.39 Å². The van der Waals surface area contributed by atoms with Crippen molar-refractivity contribution >= 4 is 11.8 Å². The maximum atomic E-state index is 13.8.